The molecule has 0 fully saturated rings. The van der Waals surface area contributed by atoms with Crippen molar-refractivity contribution in [2.45, 2.75) is 58.4 Å². The summed E-state index contributed by atoms with van der Waals surface area (Å²) in [7, 11) is -3.30. The van der Waals surface area contributed by atoms with Crippen LogP contribution < -0.4 is 11.1 Å². The predicted octanol–water partition coefficient (Wildman–Crippen LogP) is 1.65. The number of nitrogens with one attached hydrogen (secondary N) is 1. The van der Waals surface area contributed by atoms with Gasteiger partial charge in [0.15, 0.2) is 9.84 Å². The first-order valence-electron chi connectivity index (χ1n) is 7.06. The second-order valence-electron chi connectivity index (χ2n) is 5.04. The smallest absolute Gasteiger partial charge is 0.235 e. The summed E-state index contributed by atoms with van der Waals surface area (Å²) >= 11 is 0. The molecule has 0 saturated carbocycles. The van der Waals surface area contributed by atoms with Crippen LogP contribution in [0.15, 0.2) is 0 Å². The van der Waals surface area contributed by atoms with E-state index in [9.17, 15) is 13.2 Å². The lowest BCUT2D eigenvalue weighted by atomic mass is 9.93. The van der Waals surface area contributed by atoms with Crippen molar-refractivity contribution in [3.63, 3.8) is 0 Å². The summed E-state index contributed by atoms with van der Waals surface area (Å²) in [6.07, 6.45) is 3.85. The molecule has 0 aliphatic heterocycles. The van der Waals surface area contributed by atoms with Crippen LogP contribution in [0.3, 0.4) is 0 Å². The van der Waals surface area contributed by atoms with Gasteiger partial charge in [-0.3, -0.25) is 4.79 Å². The Hall–Kier alpha value is -0.330. The van der Waals surface area contributed by atoms with Gasteiger partial charge in [0.25, 0.3) is 0 Å². The molecule has 0 radical (unpaired) electrons. The molecule has 0 aromatic heterocycles. The molecule has 3 N–H and O–H groups in total. The Morgan fingerprint density at radius 2 is 1.70 bits per heavy atom. The second-order valence-corrected chi connectivity index (χ2v) is 7.22. The van der Waals surface area contributed by atoms with E-state index in [1.807, 2.05) is 20.8 Å². The summed E-state index contributed by atoms with van der Waals surface area (Å²) < 4.78 is 23.5. The fourth-order valence-electron chi connectivity index (χ4n) is 1.94. The van der Waals surface area contributed by atoms with Crippen molar-refractivity contribution in [1.82, 2.24) is 5.32 Å². The van der Waals surface area contributed by atoms with Gasteiger partial charge >= 0.3 is 0 Å². The van der Waals surface area contributed by atoms with Crippen LogP contribution in [0.5, 0.6) is 0 Å². The van der Waals surface area contributed by atoms with Gasteiger partial charge in [0.2, 0.25) is 5.91 Å². The van der Waals surface area contributed by atoms with E-state index in [0.717, 1.165) is 12.8 Å². The highest BCUT2D eigenvalue weighted by atomic mass is 35.5. The summed E-state index contributed by atoms with van der Waals surface area (Å²) in [6, 6.07) is 0. The monoisotopic (exact) mass is 328 g/mol. The molecule has 0 rings (SSSR count). The lowest BCUT2D eigenvalue weighted by molar-refractivity contribution is -0.120. The quantitative estimate of drug-likeness (QED) is 0.597. The van der Waals surface area contributed by atoms with E-state index < -0.39 is 27.0 Å². The van der Waals surface area contributed by atoms with E-state index in [2.05, 4.69) is 5.32 Å². The van der Waals surface area contributed by atoms with Gasteiger partial charge in [-0.25, -0.2) is 8.42 Å². The standard InChI is InChI=1S/C13H28N2O3S.ClH/c1-4-7-8-9-19(17,18)10-12(16)15-13(5-2,6-3)11-14;/h4-11,14H2,1-3H3,(H,15,16);1H. The van der Waals surface area contributed by atoms with E-state index in [0.29, 0.717) is 25.8 Å². The Balaban J connectivity index is 0. The second kappa shape index (κ2) is 10.4. The molecule has 0 spiro atoms. The predicted molar refractivity (Wildman–Crippen MR) is 85.9 cm³/mol. The zero-order chi connectivity index (χ0) is 14.9. The zero-order valence-corrected chi connectivity index (χ0v) is 14.4. The molecule has 7 heteroatoms. The Bertz CT molecular complexity index is 360. The molecule has 20 heavy (non-hydrogen) atoms. The number of carbonyl (C=O) groups is 1. The van der Waals surface area contributed by atoms with Crippen LogP contribution in [-0.4, -0.2) is 37.9 Å². The first-order chi connectivity index (χ1) is 8.84. The van der Waals surface area contributed by atoms with E-state index in [4.69, 9.17) is 5.73 Å². The van der Waals surface area contributed by atoms with Gasteiger partial charge in [-0.05, 0) is 19.3 Å². The molecule has 1 amide bonds. The molecule has 5 nitrogen and oxygen atoms in total. The number of amides is 1. The van der Waals surface area contributed by atoms with Gasteiger partial charge in [0.1, 0.15) is 5.75 Å². The van der Waals surface area contributed by atoms with Gasteiger partial charge in [-0.2, -0.15) is 0 Å². The maximum Gasteiger partial charge on any atom is 0.235 e. The normalized spacial score (nSPS) is 11.8. The average Bonchev–Trinajstić information content (AvgIpc) is 2.35. The molecule has 0 atom stereocenters. The minimum absolute atomic E-state index is 0. The maximum atomic E-state index is 11.8. The van der Waals surface area contributed by atoms with Crippen molar-refractivity contribution in [2.24, 2.45) is 5.73 Å². The molecule has 0 aliphatic carbocycles. The van der Waals surface area contributed by atoms with E-state index >= 15 is 0 Å². The molecule has 0 aromatic carbocycles. The third kappa shape index (κ3) is 8.07. The molecule has 0 heterocycles. The molecule has 0 aliphatic rings. The fourth-order valence-corrected chi connectivity index (χ4v) is 3.20. The van der Waals surface area contributed by atoms with E-state index in [1.165, 1.54) is 0 Å². The van der Waals surface area contributed by atoms with Crippen LogP contribution in [0.4, 0.5) is 0 Å². The highest BCUT2D eigenvalue weighted by Crippen LogP contribution is 2.13. The Morgan fingerprint density at radius 1 is 1.15 bits per heavy atom. The number of carbonyl (C=O) groups excluding carboxylic acids is 1. The van der Waals surface area contributed by atoms with E-state index in [1.54, 1.807) is 0 Å². The van der Waals surface area contributed by atoms with Crippen molar-refractivity contribution < 1.29 is 13.2 Å². The Morgan fingerprint density at radius 3 is 2.10 bits per heavy atom. The Labute approximate surface area is 129 Å². The van der Waals surface area contributed by atoms with Crippen molar-refractivity contribution >= 4 is 28.2 Å². The van der Waals surface area contributed by atoms with Crippen LogP contribution in [0.1, 0.15) is 52.9 Å². The number of hydrogen-bond acceptors (Lipinski definition) is 4. The molecule has 0 unspecified atom stereocenters. The number of nitrogens with two attached hydrogens (primary N) is 1. The third-order valence-electron chi connectivity index (χ3n) is 3.56. The van der Waals surface area contributed by atoms with Gasteiger partial charge in [-0.15, -0.1) is 12.4 Å². The number of rotatable bonds is 10. The SMILES string of the molecule is CCCCCS(=O)(=O)CC(=O)NC(CC)(CC)CN.Cl. The summed E-state index contributed by atoms with van der Waals surface area (Å²) in [5, 5.41) is 2.78. The molecular weight excluding hydrogens is 300 g/mol. The molecule has 0 aromatic rings. The number of sulfone groups is 1. The minimum atomic E-state index is -3.30. The number of halogens is 1. The van der Waals surface area contributed by atoms with Gasteiger partial charge in [-0.1, -0.05) is 33.6 Å². The van der Waals surface area contributed by atoms with Crippen LogP contribution in [0.25, 0.3) is 0 Å². The van der Waals surface area contributed by atoms with Crippen LogP contribution in [-0.2, 0) is 14.6 Å². The average molecular weight is 329 g/mol. The third-order valence-corrected chi connectivity index (χ3v) is 5.17. The van der Waals surface area contributed by atoms with Crippen molar-refractivity contribution in [3.8, 4) is 0 Å². The fraction of sp³-hybridized carbons (Fsp3) is 0.923. The molecule has 0 saturated heterocycles. The van der Waals surface area contributed by atoms with Crippen LogP contribution >= 0.6 is 12.4 Å². The van der Waals surface area contributed by atoms with Crippen LogP contribution in [0, 0.1) is 0 Å². The number of hydrogen-bond donors (Lipinski definition) is 2. The number of unbranched alkanes of at least 4 members (excludes halogenated alkanes) is 2. The summed E-state index contributed by atoms with van der Waals surface area (Å²) in [4.78, 5) is 11.8. The topological polar surface area (TPSA) is 89.3 Å². The lowest BCUT2D eigenvalue weighted by Crippen LogP contribution is -2.54. The van der Waals surface area contributed by atoms with Crippen molar-refractivity contribution in [3.05, 3.63) is 0 Å². The van der Waals surface area contributed by atoms with Crippen molar-refractivity contribution in [2.75, 3.05) is 18.1 Å². The molecular formula is C13H29ClN2O3S. The largest absolute Gasteiger partial charge is 0.349 e. The molecule has 0 bridgehead atoms. The first kappa shape index (κ1) is 22.0. The van der Waals surface area contributed by atoms with E-state index in [-0.39, 0.29) is 18.2 Å². The first-order valence-corrected chi connectivity index (χ1v) is 8.88. The van der Waals surface area contributed by atoms with Gasteiger partial charge in [0, 0.05) is 6.54 Å². The summed E-state index contributed by atoms with van der Waals surface area (Å²) in [5.74, 6) is -0.786. The zero-order valence-electron chi connectivity index (χ0n) is 12.8. The highest BCUT2D eigenvalue weighted by molar-refractivity contribution is 7.92. The molecule has 122 valence electrons. The summed E-state index contributed by atoms with van der Waals surface area (Å²) in [6.45, 7) is 6.21. The Kier molecular flexibility index (Phi) is 11.4. The highest BCUT2D eigenvalue weighted by Gasteiger charge is 2.28. The van der Waals surface area contributed by atoms with Gasteiger partial charge < -0.3 is 11.1 Å². The minimum Gasteiger partial charge on any atom is -0.349 e. The van der Waals surface area contributed by atoms with Crippen molar-refractivity contribution in [1.29, 1.82) is 0 Å². The summed E-state index contributed by atoms with van der Waals surface area (Å²) in [5.41, 5.74) is 5.20. The van der Waals surface area contributed by atoms with Crippen LogP contribution in [0.2, 0.25) is 0 Å². The maximum absolute atomic E-state index is 11.8. The lowest BCUT2D eigenvalue weighted by Gasteiger charge is -2.31. The van der Waals surface area contributed by atoms with Gasteiger partial charge in [0.05, 0.1) is 11.3 Å².